The van der Waals surface area contributed by atoms with Gasteiger partial charge in [0.2, 0.25) is 0 Å². The van der Waals surface area contributed by atoms with Crippen LogP contribution in [-0.2, 0) is 0 Å². The fourth-order valence-corrected chi connectivity index (χ4v) is 2.03. The molecule has 0 spiro atoms. The van der Waals surface area contributed by atoms with Crippen LogP contribution in [0.25, 0.3) is 0 Å². The van der Waals surface area contributed by atoms with Gasteiger partial charge in [0, 0.05) is 17.6 Å². The van der Waals surface area contributed by atoms with Crippen molar-refractivity contribution in [3.05, 3.63) is 44.4 Å². The van der Waals surface area contributed by atoms with Crippen molar-refractivity contribution in [2.75, 3.05) is 6.54 Å². The van der Waals surface area contributed by atoms with Crippen LogP contribution in [0.4, 0.5) is 0 Å². The molecule has 1 atom stereocenters. The third-order valence-electron chi connectivity index (χ3n) is 2.13. The maximum atomic E-state index is 6.10. The lowest BCUT2D eigenvalue weighted by Gasteiger charge is -2.16. The molecule has 0 aliphatic carbocycles. The van der Waals surface area contributed by atoms with Gasteiger partial charge in [-0.2, -0.15) is 0 Å². The van der Waals surface area contributed by atoms with E-state index in [4.69, 9.17) is 46.4 Å². The van der Waals surface area contributed by atoms with Crippen LogP contribution < -0.4 is 5.32 Å². The second kappa shape index (κ2) is 6.13. The SMILES string of the molecule is C=C(Cl)CNC(C)c1ccc(Cl)c(Cl)c1Cl. The summed E-state index contributed by atoms with van der Waals surface area (Å²) < 4.78 is 0. The van der Waals surface area contributed by atoms with Gasteiger partial charge in [0.15, 0.2) is 0 Å². The van der Waals surface area contributed by atoms with Crippen molar-refractivity contribution < 1.29 is 0 Å². The monoisotopic (exact) mass is 297 g/mol. The van der Waals surface area contributed by atoms with E-state index in [0.29, 0.717) is 26.6 Å². The number of rotatable bonds is 4. The van der Waals surface area contributed by atoms with E-state index in [9.17, 15) is 0 Å². The Labute approximate surface area is 115 Å². The van der Waals surface area contributed by atoms with Crippen molar-refractivity contribution in [2.24, 2.45) is 0 Å². The van der Waals surface area contributed by atoms with Crippen LogP contribution in [0.2, 0.25) is 15.1 Å². The Morgan fingerprint density at radius 3 is 2.50 bits per heavy atom. The summed E-state index contributed by atoms with van der Waals surface area (Å²) in [6.07, 6.45) is 0. The van der Waals surface area contributed by atoms with E-state index in [0.717, 1.165) is 5.56 Å². The highest BCUT2D eigenvalue weighted by Crippen LogP contribution is 2.35. The van der Waals surface area contributed by atoms with Crippen LogP contribution in [0.15, 0.2) is 23.7 Å². The first-order chi connectivity index (χ1) is 7.43. The molecule has 0 aliphatic heterocycles. The number of benzene rings is 1. The number of halogens is 4. The molecule has 1 unspecified atom stereocenters. The van der Waals surface area contributed by atoms with E-state index in [-0.39, 0.29) is 6.04 Å². The fourth-order valence-electron chi connectivity index (χ4n) is 1.25. The van der Waals surface area contributed by atoms with E-state index in [1.54, 1.807) is 6.07 Å². The maximum absolute atomic E-state index is 6.10. The van der Waals surface area contributed by atoms with Crippen molar-refractivity contribution in [1.82, 2.24) is 5.32 Å². The minimum absolute atomic E-state index is 0.0257. The van der Waals surface area contributed by atoms with Crippen LogP contribution in [-0.4, -0.2) is 6.54 Å². The van der Waals surface area contributed by atoms with E-state index in [2.05, 4.69) is 11.9 Å². The van der Waals surface area contributed by atoms with Crippen molar-refractivity contribution >= 4 is 46.4 Å². The van der Waals surface area contributed by atoms with Gasteiger partial charge in [-0.05, 0) is 18.6 Å². The van der Waals surface area contributed by atoms with Crippen molar-refractivity contribution in [1.29, 1.82) is 0 Å². The molecule has 0 aromatic heterocycles. The molecular weight excluding hydrogens is 288 g/mol. The van der Waals surface area contributed by atoms with Crippen LogP contribution in [0.1, 0.15) is 18.5 Å². The van der Waals surface area contributed by atoms with Crippen molar-refractivity contribution in [3.63, 3.8) is 0 Å². The van der Waals surface area contributed by atoms with Gasteiger partial charge in [-0.15, -0.1) is 0 Å². The lowest BCUT2D eigenvalue weighted by Crippen LogP contribution is -2.20. The minimum atomic E-state index is 0.0257. The number of hydrogen-bond donors (Lipinski definition) is 1. The average Bonchev–Trinajstić information content (AvgIpc) is 2.23. The molecule has 1 rings (SSSR count). The summed E-state index contributed by atoms with van der Waals surface area (Å²) in [4.78, 5) is 0. The molecule has 0 saturated carbocycles. The summed E-state index contributed by atoms with van der Waals surface area (Å²) in [5.41, 5.74) is 0.883. The quantitative estimate of drug-likeness (QED) is 0.767. The van der Waals surface area contributed by atoms with Gasteiger partial charge < -0.3 is 5.32 Å². The molecule has 0 aliphatic rings. The Morgan fingerprint density at radius 1 is 1.31 bits per heavy atom. The number of nitrogens with one attached hydrogen (secondary N) is 1. The van der Waals surface area contributed by atoms with Crippen molar-refractivity contribution in [3.8, 4) is 0 Å². The first-order valence-corrected chi connectivity index (χ1v) is 6.14. The molecule has 1 N–H and O–H groups in total. The number of hydrogen-bond acceptors (Lipinski definition) is 1. The highest BCUT2D eigenvalue weighted by molar-refractivity contribution is 6.48. The summed E-state index contributed by atoms with van der Waals surface area (Å²) in [6, 6.07) is 3.59. The molecule has 0 bridgehead atoms. The lowest BCUT2D eigenvalue weighted by atomic mass is 10.1. The minimum Gasteiger partial charge on any atom is -0.305 e. The smallest absolute Gasteiger partial charge is 0.0781 e. The van der Waals surface area contributed by atoms with Crippen LogP contribution in [0.3, 0.4) is 0 Å². The third kappa shape index (κ3) is 3.54. The van der Waals surface area contributed by atoms with Gasteiger partial charge in [-0.3, -0.25) is 0 Å². The van der Waals surface area contributed by atoms with Crippen molar-refractivity contribution in [2.45, 2.75) is 13.0 Å². The van der Waals surface area contributed by atoms with Crippen LogP contribution >= 0.6 is 46.4 Å². The molecular formula is C11H11Cl4N. The van der Waals surface area contributed by atoms with Gasteiger partial charge in [-0.25, -0.2) is 0 Å². The molecule has 1 aromatic carbocycles. The second-order valence-electron chi connectivity index (χ2n) is 3.38. The largest absolute Gasteiger partial charge is 0.305 e. The highest BCUT2D eigenvalue weighted by Gasteiger charge is 2.13. The van der Waals surface area contributed by atoms with Gasteiger partial charge in [0.25, 0.3) is 0 Å². The predicted octanol–water partition coefficient (Wildman–Crippen LogP) is 5.05. The normalized spacial score (nSPS) is 12.6. The molecule has 16 heavy (non-hydrogen) atoms. The summed E-state index contributed by atoms with van der Waals surface area (Å²) in [5, 5.41) is 5.00. The molecule has 0 radical (unpaired) electrons. The zero-order valence-electron chi connectivity index (χ0n) is 8.66. The summed E-state index contributed by atoms with van der Waals surface area (Å²) in [5.74, 6) is 0. The molecule has 0 heterocycles. The topological polar surface area (TPSA) is 12.0 Å². The first-order valence-electron chi connectivity index (χ1n) is 4.63. The lowest BCUT2D eigenvalue weighted by molar-refractivity contribution is 0.615. The Hall–Kier alpha value is 0.0800. The summed E-state index contributed by atoms with van der Waals surface area (Å²) >= 11 is 23.6. The average molecular weight is 299 g/mol. The molecule has 0 fully saturated rings. The predicted molar refractivity (Wildman–Crippen MR) is 72.9 cm³/mol. The molecule has 0 amide bonds. The van der Waals surface area contributed by atoms with E-state index in [1.807, 2.05) is 13.0 Å². The zero-order chi connectivity index (χ0) is 12.3. The Morgan fingerprint density at radius 2 is 1.94 bits per heavy atom. The summed E-state index contributed by atoms with van der Waals surface area (Å²) in [7, 11) is 0. The molecule has 1 aromatic rings. The van der Waals surface area contributed by atoms with Gasteiger partial charge >= 0.3 is 0 Å². The first kappa shape index (κ1) is 14.1. The standard InChI is InChI=1S/C11H11Cl4N/c1-6(12)5-16-7(2)8-3-4-9(13)11(15)10(8)14/h3-4,7,16H,1,5H2,2H3. The molecule has 88 valence electrons. The Kier molecular flexibility index (Phi) is 5.42. The maximum Gasteiger partial charge on any atom is 0.0781 e. The van der Waals surface area contributed by atoms with Gasteiger partial charge in [-0.1, -0.05) is 59.0 Å². The van der Waals surface area contributed by atoms with Gasteiger partial charge in [0.05, 0.1) is 15.1 Å². The molecule has 5 heteroatoms. The third-order valence-corrected chi connectivity index (χ3v) is 3.57. The second-order valence-corrected chi connectivity index (χ2v) is 5.08. The van der Waals surface area contributed by atoms with Crippen LogP contribution in [0, 0.1) is 0 Å². The zero-order valence-corrected chi connectivity index (χ0v) is 11.7. The Bertz CT molecular complexity index is 403. The molecule has 1 nitrogen and oxygen atoms in total. The summed E-state index contributed by atoms with van der Waals surface area (Å²) in [6.45, 7) is 6.07. The highest BCUT2D eigenvalue weighted by atomic mass is 35.5. The van der Waals surface area contributed by atoms with E-state index in [1.165, 1.54) is 0 Å². The van der Waals surface area contributed by atoms with E-state index >= 15 is 0 Å². The van der Waals surface area contributed by atoms with Crippen LogP contribution in [0.5, 0.6) is 0 Å². The molecule has 0 saturated heterocycles. The Balaban J connectivity index is 2.87. The fraction of sp³-hybridized carbons (Fsp3) is 0.273. The van der Waals surface area contributed by atoms with E-state index < -0.39 is 0 Å². The van der Waals surface area contributed by atoms with Gasteiger partial charge in [0.1, 0.15) is 0 Å².